The van der Waals surface area contributed by atoms with Gasteiger partial charge >= 0.3 is 0 Å². The first-order chi connectivity index (χ1) is 9.74. The molecule has 2 N–H and O–H groups in total. The maximum atomic E-state index is 9.84. The van der Waals surface area contributed by atoms with Gasteiger partial charge in [-0.15, -0.1) is 0 Å². The Labute approximate surface area is 124 Å². The molecule has 1 rings (SSSR count). The molecule has 0 radical (unpaired) electrons. The lowest BCUT2D eigenvalue weighted by atomic mass is 10.1. The minimum Gasteiger partial charge on any atom is -0.389 e. The Morgan fingerprint density at radius 3 is 2.70 bits per heavy atom. The molecular formula is C16H33NO3. The fourth-order valence-electron chi connectivity index (χ4n) is 2.55. The van der Waals surface area contributed by atoms with Crippen LogP contribution in [0.5, 0.6) is 0 Å². The van der Waals surface area contributed by atoms with Crippen molar-refractivity contribution in [1.82, 2.24) is 5.32 Å². The molecule has 4 heteroatoms. The summed E-state index contributed by atoms with van der Waals surface area (Å²) in [4.78, 5) is 0. The van der Waals surface area contributed by atoms with Crippen LogP contribution >= 0.6 is 0 Å². The largest absolute Gasteiger partial charge is 0.389 e. The molecule has 1 fully saturated rings. The highest BCUT2D eigenvalue weighted by Crippen LogP contribution is 2.12. The molecule has 0 aromatic heterocycles. The highest BCUT2D eigenvalue weighted by atomic mass is 16.5. The number of rotatable bonds is 12. The predicted molar refractivity (Wildman–Crippen MR) is 82.0 cm³/mol. The van der Waals surface area contributed by atoms with Gasteiger partial charge in [0, 0.05) is 25.8 Å². The molecule has 0 saturated carbocycles. The van der Waals surface area contributed by atoms with Crippen molar-refractivity contribution in [3.8, 4) is 0 Å². The number of hydrogen-bond acceptors (Lipinski definition) is 4. The molecule has 0 aromatic carbocycles. The van der Waals surface area contributed by atoms with Crippen LogP contribution in [0.25, 0.3) is 0 Å². The van der Waals surface area contributed by atoms with Crippen LogP contribution in [0.3, 0.4) is 0 Å². The molecule has 0 bridgehead atoms. The SMILES string of the molecule is CCCCCCCCOCC(O)CNC1CCOC1C. The molecule has 3 atom stereocenters. The summed E-state index contributed by atoms with van der Waals surface area (Å²) in [6.45, 7) is 6.93. The summed E-state index contributed by atoms with van der Waals surface area (Å²) in [7, 11) is 0. The Hall–Kier alpha value is -0.160. The third-order valence-corrected chi connectivity index (χ3v) is 3.94. The van der Waals surface area contributed by atoms with Crippen LogP contribution in [0.2, 0.25) is 0 Å². The number of aliphatic hydroxyl groups excluding tert-OH is 1. The van der Waals surface area contributed by atoms with Gasteiger partial charge in [-0.3, -0.25) is 0 Å². The lowest BCUT2D eigenvalue weighted by Crippen LogP contribution is -2.40. The minimum absolute atomic E-state index is 0.256. The second kappa shape index (κ2) is 11.5. The summed E-state index contributed by atoms with van der Waals surface area (Å²) in [5, 5.41) is 13.2. The van der Waals surface area contributed by atoms with Crippen LogP contribution in [-0.4, -0.2) is 49.7 Å². The van der Waals surface area contributed by atoms with Gasteiger partial charge in [0.25, 0.3) is 0 Å². The number of ether oxygens (including phenoxy) is 2. The van der Waals surface area contributed by atoms with Crippen molar-refractivity contribution in [2.75, 3.05) is 26.4 Å². The van der Waals surface area contributed by atoms with Gasteiger partial charge in [-0.2, -0.15) is 0 Å². The summed E-state index contributed by atoms with van der Waals surface area (Å²) in [6.07, 6.45) is 8.50. The molecule has 1 heterocycles. The van der Waals surface area contributed by atoms with Gasteiger partial charge in [-0.25, -0.2) is 0 Å². The third kappa shape index (κ3) is 8.20. The molecule has 0 aliphatic carbocycles. The van der Waals surface area contributed by atoms with Crippen molar-refractivity contribution >= 4 is 0 Å². The number of unbranched alkanes of at least 4 members (excludes halogenated alkanes) is 5. The van der Waals surface area contributed by atoms with Gasteiger partial charge in [0.15, 0.2) is 0 Å². The lowest BCUT2D eigenvalue weighted by molar-refractivity contribution is 0.0321. The second-order valence-corrected chi connectivity index (χ2v) is 5.88. The lowest BCUT2D eigenvalue weighted by Gasteiger charge is -2.18. The Bertz CT molecular complexity index is 226. The van der Waals surface area contributed by atoms with Crippen LogP contribution in [0.1, 0.15) is 58.8 Å². The van der Waals surface area contributed by atoms with Crippen molar-refractivity contribution < 1.29 is 14.6 Å². The average molecular weight is 287 g/mol. The summed E-state index contributed by atoms with van der Waals surface area (Å²) in [5.74, 6) is 0. The number of nitrogens with one attached hydrogen (secondary N) is 1. The van der Waals surface area contributed by atoms with E-state index in [1.807, 2.05) is 0 Å². The van der Waals surface area contributed by atoms with Crippen molar-refractivity contribution in [2.45, 2.75) is 77.0 Å². The van der Waals surface area contributed by atoms with E-state index in [0.717, 1.165) is 26.1 Å². The highest BCUT2D eigenvalue weighted by molar-refractivity contribution is 4.79. The molecule has 0 amide bonds. The maximum Gasteiger partial charge on any atom is 0.0897 e. The molecule has 4 nitrogen and oxygen atoms in total. The molecule has 3 unspecified atom stereocenters. The highest BCUT2D eigenvalue weighted by Gasteiger charge is 2.23. The van der Waals surface area contributed by atoms with E-state index in [0.29, 0.717) is 19.2 Å². The molecule has 1 aliphatic rings. The second-order valence-electron chi connectivity index (χ2n) is 5.88. The zero-order chi connectivity index (χ0) is 14.6. The molecule has 1 saturated heterocycles. The molecule has 20 heavy (non-hydrogen) atoms. The monoisotopic (exact) mass is 287 g/mol. The average Bonchev–Trinajstić information content (AvgIpc) is 2.85. The van der Waals surface area contributed by atoms with Crippen LogP contribution in [0.4, 0.5) is 0 Å². The first kappa shape index (κ1) is 17.9. The van der Waals surface area contributed by atoms with Gasteiger partial charge in [0.1, 0.15) is 0 Å². The molecule has 120 valence electrons. The van der Waals surface area contributed by atoms with Gasteiger partial charge in [0.05, 0.1) is 18.8 Å². The van der Waals surface area contributed by atoms with Crippen molar-refractivity contribution in [3.05, 3.63) is 0 Å². The minimum atomic E-state index is -0.414. The van der Waals surface area contributed by atoms with E-state index in [9.17, 15) is 5.11 Å². The van der Waals surface area contributed by atoms with Gasteiger partial charge in [0.2, 0.25) is 0 Å². The van der Waals surface area contributed by atoms with E-state index in [4.69, 9.17) is 9.47 Å². The zero-order valence-corrected chi connectivity index (χ0v) is 13.3. The summed E-state index contributed by atoms with van der Waals surface area (Å²) in [6, 6.07) is 0.378. The Morgan fingerprint density at radius 2 is 2.00 bits per heavy atom. The van der Waals surface area contributed by atoms with Crippen LogP contribution < -0.4 is 5.32 Å². The fourth-order valence-corrected chi connectivity index (χ4v) is 2.55. The van der Waals surface area contributed by atoms with Gasteiger partial charge < -0.3 is 19.9 Å². The quantitative estimate of drug-likeness (QED) is 0.542. The van der Waals surface area contributed by atoms with Gasteiger partial charge in [-0.1, -0.05) is 39.0 Å². The Morgan fingerprint density at radius 1 is 1.25 bits per heavy atom. The first-order valence-corrected chi connectivity index (χ1v) is 8.34. The van der Waals surface area contributed by atoms with Crippen LogP contribution in [0.15, 0.2) is 0 Å². The number of aliphatic hydroxyl groups is 1. The van der Waals surface area contributed by atoms with Crippen LogP contribution in [0, 0.1) is 0 Å². The Kier molecular flexibility index (Phi) is 10.3. The molecule has 0 spiro atoms. The fraction of sp³-hybridized carbons (Fsp3) is 1.00. The summed E-state index contributed by atoms with van der Waals surface area (Å²) >= 11 is 0. The van der Waals surface area contributed by atoms with Crippen molar-refractivity contribution in [1.29, 1.82) is 0 Å². The van der Waals surface area contributed by atoms with E-state index in [1.165, 1.54) is 32.1 Å². The van der Waals surface area contributed by atoms with Crippen LogP contribution in [-0.2, 0) is 9.47 Å². The summed E-state index contributed by atoms with van der Waals surface area (Å²) < 4.78 is 11.0. The van der Waals surface area contributed by atoms with E-state index in [2.05, 4.69) is 19.2 Å². The smallest absolute Gasteiger partial charge is 0.0897 e. The van der Waals surface area contributed by atoms with Crippen molar-refractivity contribution in [3.63, 3.8) is 0 Å². The van der Waals surface area contributed by atoms with E-state index < -0.39 is 6.10 Å². The van der Waals surface area contributed by atoms with E-state index in [-0.39, 0.29) is 6.10 Å². The van der Waals surface area contributed by atoms with E-state index in [1.54, 1.807) is 0 Å². The molecular weight excluding hydrogens is 254 g/mol. The van der Waals surface area contributed by atoms with Gasteiger partial charge in [-0.05, 0) is 19.8 Å². The summed E-state index contributed by atoms with van der Waals surface area (Å²) in [5.41, 5.74) is 0. The zero-order valence-electron chi connectivity index (χ0n) is 13.3. The predicted octanol–water partition coefficient (Wildman–Crippen LogP) is 2.49. The maximum absolute atomic E-state index is 9.84. The molecule has 1 aliphatic heterocycles. The normalized spacial score (nSPS) is 24.1. The Balaban J connectivity index is 1.86. The first-order valence-electron chi connectivity index (χ1n) is 8.34. The van der Waals surface area contributed by atoms with E-state index >= 15 is 0 Å². The topological polar surface area (TPSA) is 50.7 Å². The standard InChI is InChI=1S/C16H33NO3/c1-3-4-5-6-7-8-10-19-13-15(18)12-17-16-9-11-20-14(16)2/h14-18H,3-13H2,1-2H3. The molecule has 0 aromatic rings. The number of hydrogen-bond donors (Lipinski definition) is 2. The van der Waals surface area contributed by atoms with Crippen molar-refractivity contribution in [2.24, 2.45) is 0 Å². The third-order valence-electron chi connectivity index (χ3n) is 3.94.